The van der Waals surface area contributed by atoms with E-state index in [-0.39, 0.29) is 11.2 Å². The Morgan fingerprint density at radius 3 is 2.72 bits per heavy atom. The van der Waals surface area contributed by atoms with Crippen LogP contribution < -0.4 is 5.73 Å². The number of sulfone groups is 1. The van der Waals surface area contributed by atoms with E-state index < -0.39 is 9.84 Å². The molecule has 1 aromatic carbocycles. The maximum atomic E-state index is 11.9. The van der Waals surface area contributed by atoms with Gasteiger partial charge in [-0.25, -0.2) is 8.42 Å². The van der Waals surface area contributed by atoms with Crippen molar-refractivity contribution in [2.75, 3.05) is 12.3 Å². The predicted octanol–water partition coefficient (Wildman–Crippen LogP) is 2.03. The van der Waals surface area contributed by atoms with Gasteiger partial charge < -0.3 is 5.73 Å². The van der Waals surface area contributed by atoms with Crippen molar-refractivity contribution in [3.63, 3.8) is 0 Å². The molecule has 0 spiro atoms. The van der Waals surface area contributed by atoms with Crippen molar-refractivity contribution in [2.24, 2.45) is 5.73 Å². The topological polar surface area (TPSA) is 60.2 Å². The molecule has 1 aliphatic heterocycles. The fourth-order valence-corrected chi connectivity index (χ4v) is 4.15. The van der Waals surface area contributed by atoms with Crippen LogP contribution >= 0.6 is 0 Å². The molecule has 0 unspecified atom stereocenters. The van der Waals surface area contributed by atoms with Crippen molar-refractivity contribution in [1.82, 2.24) is 0 Å². The lowest BCUT2D eigenvalue weighted by molar-refractivity contribution is 0.486. The quantitative estimate of drug-likeness (QED) is 0.911. The van der Waals surface area contributed by atoms with Crippen LogP contribution in [0.4, 0.5) is 0 Å². The summed E-state index contributed by atoms with van der Waals surface area (Å²) in [7, 11) is -3.04. The monoisotopic (exact) mass is 267 g/mol. The first kappa shape index (κ1) is 13.6. The summed E-state index contributed by atoms with van der Waals surface area (Å²) in [5.74, 6) is 0.283. The smallest absolute Gasteiger partial charge is 0.178 e. The Bertz CT molecular complexity index is 547. The van der Waals surface area contributed by atoms with Crippen molar-refractivity contribution in [2.45, 2.75) is 43.4 Å². The molecule has 0 radical (unpaired) electrons. The molecule has 0 saturated carbocycles. The highest BCUT2D eigenvalue weighted by Crippen LogP contribution is 2.32. The van der Waals surface area contributed by atoms with Crippen LogP contribution in [0.1, 0.15) is 37.8 Å². The number of hydrogen-bond acceptors (Lipinski definition) is 3. The Kier molecular flexibility index (Phi) is 3.52. The van der Waals surface area contributed by atoms with Gasteiger partial charge >= 0.3 is 0 Å². The molecule has 100 valence electrons. The molecule has 0 atom stereocenters. The Morgan fingerprint density at radius 1 is 1.33 bits per heavy atom. The first-order valence-corrected chi connectivity index (χ1v) is 8.08. The minimum atomic E-state index is -3.04. The third-order valence-electron chi connectivity index (χ3n) is 3.81. The molecule has 0 bridgehead atoms. The van der Waals surface area contributed by atoms with Gasteiger partial charge in [0.2, 0.25) is 0 Å². The van der Waals surface area contributed by atoms with E-state index in [1.54, 1.807) is 6.07 Å². The molecular formula is C14H21NO2S. The number of hydrogen-bond donors (Lipinski definition) is 1. The molecular weight excluding hydrogens is 246 g/mol. The number of benzene rings is 1. The van der Waals surface area contributed by atoms with Gasteiger partial charge in [0, 0.05) is 0 Å². The second-order valence-electron chi connectivity index (χ2n) is 5.67. The summed E-state index contributed by atoms with van der Waals surface area (Å²) >= 11 is 0. The molecule has 0 aliphatic carbocycles. The molecule has 2 N–H and O–H groups in total. The van der Waals surface area contributed by atoms with Crippen LogP contribution in [0.25, 0.3) is 0 Å². The third-order valence-corrected chi connectivity index (χ3v) is 5.70. The first-order valence-electron chi connectivity index (χ1n) is 6.43. The second kappa shape index (κ2) is 4.67. The van der Waals surface area contributed by atoms with Crippen LogP contribution in [-0.2, 0) is 21.7 Å². The predicted molar refractivity (Wildman–Crippen MR) is 73.5 cm³/mol. The van der Waals surface area contributed by atoms with Gasteiger partial charge in [-0.05, 0) is 48.4 Å². The summed E-state index contributed by atoms with van der Waals surface area (Å²) in [6, 6.07) is 5.77. The van der Waals surface area contributed by atoms with Gasteiger partial charge in [-0.15, -0.1) is 0 Å². The summed E-state index contributed by atoms with van der Waals surface area (Å²) in [6.07, 6.45) is 2.50. The molecule has 18 heavy (non-hydrogen) atoms. The van der Waals surface area contributed by atoms with Gasteiger partial charge in [-0.1, -0.05) is 26.0 Å². The fraction of sp³-hybridized carbons (Fsp3) is 0.571. The van der Waals surface area contributed by atoms with E-state index in [1.165, 1.54) is 5.56 Å². The van der Waals surface area contributed by atoms with Crippen LogP contribution in [0.5, 0.6) is 0 Å². The molecule has 0 fully saturated rings. The van der Waals surface area contributed by atoms with Crippen molar-refractivity contribution in [1.29, 1.82) is 0 Å². The standard InChI is InChI=1S/C14H21NO2S/c1-14(2,7-8-15)12-5-6-13-11(10-12)4-3-9-18(13,16)17/h5-6,10H,3-4,7-9,15H2,1-2H3. The van der Waals surface area contributed by atoms with Gasteiger partial charge in [0.15, 0.2) is 9.84 Å². The lowest BCUT2D eigenvalue weighted by Crippen LogP contribution is -2.23. The van der Waals surface area contributed by atoms with Gasteiger partial charge in [-0.2, -0.15) is 0 Å². The molecule has 2 rings (SSSR count). The lowest BCUT2D eigenvalue weighted by atomic mass is 9.81. The number of rotatable bonds is 3. The third kappa shape index (κ3) is 2.45. The average molecular weight is 267 g/mol. The van der Waals surface area contributed by atoms with E-state index in [2.05, 4.69) is 19.9 Å². The van der Waals surface area contributed by atoms with E-state index >= 15 is 0 Å². The maximum Gasteiger partial charge on any atom is 0.178 e. The molecule has 4 heteroatoms. The zero-order valence-electron chi connectivity index (χ0n) is 11.1. The fourth-order valence-electron chi connectivity index (χ4n) is 2.57. The van der Waals surface area contributed by atoms with Crippen molar-refractivity contribution >= 4 is 9.84 Å². The number of aryl methyl sites for hydroxylation is 1. The lowest BCUT2D eigenvalue weighted by Gasteiger charge is -2.27. The summed E-state index contributed by atoms with van der Waals surface area (Å²) in [5, 5.41) is 0. The maximum absolute atomic E-state index is 11.9. The van der Waals surface area contributed by atoms with Crippen molar-refractivity contribution in [3.8, 4) is 0 Å². The minimum Gasteiger partial charge on any atom is -0.330 e. The molecule has 0 saturated heterocycles. The Balaban J connectivity index is 2.45. The summed E-state index contributed by atoms with van der Waals surface area (Å²) in [4.78, 5) is 0.529. The highest BCUT2D eigenvalue weighted by atomic mass is 32.2. The van der Waals surface area contributed by atoms with Gasteiger partial charge in [-0.3, -0.25) is 0 Å². The molecule has 1 heterocycles. The average Bonchev–Trinajstić information content (AvgIpc) is 2.28. The van der Waals surface area contributed by atoms with Crippen molar-refractivity contribution in [3.05, 3.63) is 29.3 Å². The Labute approximate surface area is 109 Å². The Hall–Kier alpha value is -0.870. The first-order chi connectivity index (χ1) is 8.37. The molecule has 1 aliphatic rings. The van der Waals surface area contributed by atoms with Crippen molar-refractivity contribution < 1.29 is 8.42 Å². The van der Waals surface area contributed by atoms with Gasteiger partial charge in [0.05, 0.1) is 10.6 Å². The van der Waals surface area contributed by atoms with E-state index in [0.29, 0.717) is 11.4 Å². The van der Waals surface area contributed by atoms with Crippen LogP contribution in [0.3, 0.4) is 0 Å². The molecule has 1 aromatic rings. The van der Waals surface area contributed by atoms with Gasteiger partial charge in [0.1, 0.15) is 0 Å². The van der Waals surface area contributed by atoms with E-state index in [0.717, 1.165) is 24.8 Å². The van der Waals surface area contributed by atoms with E-state index in [9.17, 15) is 8.42 Å². The van der Waals surface area contributed by atoms with Crippen LogP contribution in [0, 0.1) is 0 Å². The Morgan fingerprint density at radius 2 is 2.06 bits per heavy atom. The summed E-state index contributed by atoms with van der Waals surface area (Å²) in [5.41, 5.74) is 7.80. The zero-order chi connectivity index (χ0) is 13.4. The van der Waals surface area contributed by atoms with E-state index in [1.807, 2.05) is 6.07 Å². The molecule has 0 amide bonds. The van der Waals surface area contributed by atoms with E-state index in [4.69, 9.17) is 5.73 Å². The molecule has 3 nitrogen and oxygen atoms in total. The zero-order valence-corrected chi connectivity index (χ0v) is 11.9. The SMILES string of the molecule is CC(C)(CCN)c1ccc2c(c1)CCCS2(=O)=O. The van der Waals surface area contributed by atoms with Crippen LogP contribution in [0.15, 0.2) is 23.1 Å². The minimum absolute atomic E-state index is 0.00495. The number of nitrogens with two attached hydrogens (primary N) is 1. The van der Waals surface area contributed by atoms with Crippen LogP contribution in [0.2, 0.25) is 0 Å². The second-order valence-corrected chi connectivity index (χ2v) is 7.75. The highest BCUT2D eigenvalue weighted by Gasteiger charge is 2.26. The summed E-state index contributed by atoms with van der Waals surface area (Å²) in [6.45, 7) is 4.94. The van der Waals surface area contributed by atoms with Gasteiger partial charge in [0.25, 0.3) is 0 Å². The number of fused-ring (bicyclic) bond motifs is 1. The van der Waals surface area contributed by atoms with Crippen LogP contribution in [-0.4, -0.2) is 20.7 Å². The largest absolute Gasteiger partial charge is 0.330 e. The summed E-state index contributed by atoms with van der Waals surface area (Å²) < 4.78 is 23.9. The highest BCUT2D eigenvalue weighted by molar-refractivity contribution is 7.91. The normalized spacial score (nSPS) is 18.4. The molecule has 0 aromatic heterocycles.